The van der Waals surface area contributed by atoms with Crippen LogP contribution in [0.5, 0.6) is 5.75 Å². The van der Waals surface area contributed by atoms with Gasteiger partial charge in [0.1, 0.15) is 11.6 Å². The molecule has 0 amide bonds. The van der Waals surface area contributed by atoms with Crippen LogP contribution in [0.1, 0.15) is 28.4 Å². The van der Waals surface area contributed by atoms with Crippen molar-refractivity contribution in [2.24, 2.45) is 9.98 Å². The van der Waals surface area contributed by atoms with Crippen LogP contribution in [-0.4, -0.2) is 28.6 Å². The van der Waals surface area contributed by atoms with Gasteiger partial charge in [-0.2, -0.15) is 5.10 Å². The minimum Gasteiger partial charge on any atom is -0.497 e. The number of hydrogen-bond acceptors (Lipinski definition) is 6. The number of hydrogen-bond donors (Lipinski definition) is 1. The number of aryl methyl sites for hydroxylation is 2. The Labute approximate surface area is 237 Å². The number of amidine groups is 2. The quantitative estimate of drug-likeness (QED) is 0.256. The summed E-state index contributed by atoms with van der Waals surface area (Å²) >= 11 is 0. The number of ether oxygens (including phenoxy) is 1. The maximum absolute atomic E-state index is 15.7. The lowest BCUT2D eigenvalue weighted by Gasteiger charge is -2.40. The summed E-state index contributed by atoms with van der Waals surface area (Å²) < 4.78 is 22.8. The third kappa shape index (κ3) is 4.15. The van der Waals surface area contributed by atoms with Crippen LogP contribution in [0, 0.1) is 19.7 Å². The van der Waals surface area contributed by atoms with Crippen LogP contribution >= 0.6 is 0 Å². The van der Waals surface area contributed by atoms with Gasteiger partial charge >= 0.3 is 0 Å². The largest absolute Gasteiger partial charge is 0.497 e. The van der Waals surface area contributed by atoms with E-state index in [1.807, 2.05) is 103 Å². The number of para-hydroxylation sites is 2. The third-order valence-corrected chi connectivity index (χ3v) is 7.47. The molecular formula is C33H27FN6O. The van der Waals surface area contributed by atoms with E-state index in [4.69, 9.17) is 19.8 Å². The van der Waals surface area contributed by atoms with E-state index in [0.717, 1.165) is 45.3 Å². The molecule has 3 heterocycles. The molecule has 0 bridgehead atoms. The normalized spacial score (nSPS) is 15.3. The lowest BCUT2D eigenvalue weighted by atomic mass is 9.93. The van der Waals surface area contributed by atoms with Gasteiger partial charge in [0, 0.05) is 16.8 Å². The molecular weight excluding hydrogens is 515 g/mol. The summed E-state index contributed by atoms with van der Waals surface area (Å²) in [5, 5.41) is 8.39. The van der Waals surface area contributed by atoms with Gasteiger partial charge in [-0.3, -0.25) is 0 Å². The Hall–Kier alpha value is -5.24. The minimum absolute atomic E-state index is 0.295. The van der Waals surface area contributed by atoms with Gasteiger partial charge in [-0.05, 0) is 68.4 Å². The first-order valence-electron chi connectivity index (χ1n) is 13.4. The second-order valence-corrected chi connectivity index (χ2v) is 10.1. The van der Waals surface area contributed by atoms with Crippen LogP contribution in [0.25, 0.3) is 5.69 Å². The van der Waals surface area contributed by atoms with E-state index in [0.29, 0.717) is 23.1 Å². The number of benzene rings is 4. The second kappa shape index (κ2) is 9.75. The van der Waals surface area contributed by atoms with Gasteiger partial charge in [0.25, 0.3) is 0 Å². The van der Waals surface area contributed by atoms with E-state index in [1.165, 1.54) is 6.07 Å². The fourth-order valence-electron chi connectivity index (χ4n) is 5.47. The van der Waals surface area contributed by atoms with E-state index in [1.54, 1.807) is 13.2 Å². The summed E-state index contributed by atoms with van der Waals surface area (Å²) in [6, 6.07) is 30.0. The zero-order valence-corrected chi connectivity index (χ0v) is 22.8. The number of anilines is 2. The predicted molar refractivity (Wildman–Crippen MR) is 161 cm³/mol. The highest BCUT2D eigenvalue weighted by molar-refractivity contribution is 6.51. The van der Waals surface area contributed by atoms with E-state index in [9.17, 15) is 0 Å². The summed E-state index contributed by atoms with van der Waals surface area (Å²) in [5.74, 6) is 2.24. The van der Waals surface area contributed by atoms with Gasteiger partial charge in [0.2, 0.25) is 0 Å². The SMILES string of the molecule is COc1ccc(NC2=Nc3ccccc3N3C2=Nc2c(c(C)nn2-c2ccc(C)cc2)C3c2ccccc2F)cc1. The molecule has 7 rings (SSSR count). The Morgan fingerprint density at radius 2 is 1.56 bits per heavy atom. The Bertz CT molecular complexity index is 1840. The van der Waals surface area contributed by atoms with Gasteiger partial charge in [-0.25, -0.2) is 19.1 Å². The average Bonchev–Trinajstić information content (AvgIpc) is 3.33. The molecule has 7 nitrogen and oxygen atoms in total. The predicted octanol–water partition coefficient (Wildman–Crippen LogP) is 7.43. The van der Waals surface area contributed by atoms with Crippen LogP contribution < -0.4 is 15.0 Å². The fraction of sp³-hybridized carbons (Fsp3) is 0.121. The number of aromatic nitrogens is 2. The summed E-state index contributed by atoms with van der Waals surface area (Å²) in [6.07, 6.45) is 0. The van der Waals surface area contributed by atoms with Crippen molar-refractivity contribution in [1.29, 1.82) is 0 Å². The highest BCUT2D eigenvalue weighted by Gasteiger charge is 2.42. The maximum atomic E-state index is 15.7. The zero-order valence-electron chi connectivity index (χ0n) is 22.8. The first-order valence-corrected chi connectivity index (χ1v) is 13.4. The van der Waals surface area contributed by atoms with Crippen molar-refractivity contribution >= 4 is 34.6 Å². The van der Waals surface area contributed by atoms with E-state index in [2.05, 4.69) is 10.2 Å². The van der Waals surface area contributed by atoms with Gasteiger partial charge in [-0.15, -0.1) is 0 Å². The van der Waals surface area contributed by atoms with E-state index >= 15 is 4.39 Å². The first-order chi connectivity index (χ1) is 20.0. The molecule has 0 fully saturated rings. The molecule has 2 aliphatic rings. The van der Waals surface area contributed by atoms with Gasteiger partial charge in [0.05, 0.1) is 35.9 Å². The minimum atomic E-state index is -0.526. The molecule has 2 aliphatic heterocycles. The summed E-state index contributed by atoms with van der Waals surface area (Å²) in [5.41, 5.74) is 6.61. The summed E-state index contributed by atoms with van der Waals surface area (Å²) in [7, 11) is 1.64. The number of halogens is 1. The molecule has 1 unspecified atom stereocenters. The van der Waals surface area contributed by atoms with Crippen molar-refractivity contribution in [3.63, 3.8) is 0 Å². The molecule has 1 atom stereocenters. The van der Waals surface area contributed by atoms with E-state index < -0.39 is 6.04 Å². The topological polar surface area (TPSA) is 67.0 Å². The smallest absolute Gasteiger partial charge is 0.179 e. The van der Waals surface area contributed by atoms with Crippen LogP contribution in [0.3, 0.4) is 0 Å². The van der Waals surface area contributed by atoms with E-state index in [-0.39, 0.29) is 5.82 Å². The molecule has 1 N–H and O–H groups in total. The number of rotatable bonds is 4. The Morgan fingerprint density at radius 1 is 0.829 bits per heavy atom. The highest BCUT2D eigenvalue weighted by Crippen LogP contribution is 2.48. The van der Waals surface area contributed by atoms with Gasteiger partial charge in [-0.1, -0.05) is 48.0 Å². The molecule has 4 aromatic carbocycles. The summed E-state index contributed by atoms with van der Waals surface area (Å²) in [4.78, 5) is 12.3. The van der Waals surface area contributed by atoms with Crippen molar-refractivity contribution < 1.29 is 9.13 Å². The zero-order chi connectivity index (χ0) is 28.1. The molecule has 41 heavy (non-hydrogen) atoms. The molecule has 0 spiro atoms. The van der Waals surface area contributed by atoms with Crippen LogP contribution in [0.4, 0.5) is 27.3 Å². The number of aliphatic imine (C=N–C) groups is 2. The molecule has 8 heteroatoms. The number of methoxy groups -OCH3 is 1. The van der Waals surface area contributed by atoms with Gasteiger partial charge in [0.15, 0.2) is 17.5 Å². The Morgan fingerprint density at radius 3 is 2.32 bits per heavy atom. The summed E-state index contributed by atoms with van der Waals surface area (Å²) in [6.45, 7) is 4.01. The Kier molecular flexibility index (Phi) is 5.89. The number of nitrogens with one attached hydrogen (secondary N) is 1. The van der Waals surface area contributed by atoms with Crippen molar-refractivity contribution in [3.8, 4) is 11.4 Å². The van der Waals surface area contributed by atoms with Crippen molar-refractivity contribution in [2.75, 3.05) is 17.3 Å². The van der Waals surface area contributed by atoms with Crippen molar-refractivity contribution in [2.45, 2.75) is 19.9 Å². The van der Waals surface area contributed by atoms with Gasteiger partial charge < -0.3 is 15.0 Å². The molecule has 0 saturated heterocycles. The molecule has 0 radical (unpaired) electrons. The maximum Gasteiger partial charge on any atom is 0.179 e. The highest BCUT2D eigenvalue weighted by atomic mass is 19.1. The standard InChI is InChI=1S/C33H27FN6O/c1-20-12-16-23(17-13-20)40-32-29(21(2)38-40)30(25-8-4-5-9-26(25)34)39-28-11-7-6-10-27(28)36-31(33(39)37-32)35-22-14-18-24(41-3)19-15-22/h4-19,30H,1-3H3,(H,35,36). The number of fused-ring (bicyclic) bond motifs is 4. The first kappa shape index (κ1) is 24.8. The van der Waals surface area contributed by atoms with Crippen LogP contribution in [-0.2, 0) is 0 Å². The lowest BCUT2D eigenvalue weighted by molar-refractivity contribution is 0.415. The number of nitrogens with zero attached hydrogens (tertiary/aromatic N) is 5. The average molecular weight is 543 g/mol. The van der Waals surface area contributed by atoms with Crippen molar-refractivity contribution in [3.05, 3.63) is 125 Å². The van der Waals surface area contributed by atoms with Crippen LogP contribution in [0.2, 0.25) is 0 Å². The molecule has 5 aromatic rings. The van der Waals surface area contributed by atoms with Crippen LogP contribution in [0.15, 0.2) is 107 Å². The molecule has 0 aliphatic carbocycles. The molecule has 1 aromatic heterocycles. The van der Waals surface area contributed by atoms with Crippen molar-refractivity contribution in [1.82, 2.24) is 9.78 Å². The lowest BCUT2D eigenvalue weighted by Crippen LogP contribution is -2.46. The molecule has 202 valence electrons. The third-order valence-electron chi connectivity index (χ3n) is 7.47. The molecule has 0 saturated carbocycles. The monoisotopic (exact) mass is 542 g/mol. The Balaban J connectivity index is 1.48. The fourth-order valence-corrected chi connectivity index (χ4v) is 5.47. The second-order valence-electron chi connectivity index (χ2n) is 10.1.